The summed E-state index contributed by atoms with van der Waals surface area (Å²) in [5.41, 5.74) is -0.417. The van der Waals surface area contributed by atoms with Crippen molar-refractivity contribution in [3.05, 3.63) is 0 Å². The maximum Gasteiger partial charge on any atom is 0.0740 e. The van der Waals surface area contributed by atoms with Gasteiger partial charge in [-0.1, -0.05) is 20.8 Å². The van der Waals surface area contributed by atoms with Crippen molar-refractivity contribution >= 4 is 0 Å². The number of aliphatic hydroxyl groups is 2. The number of hydrogen-bond donors (Lipinski definition) is 3. The fourth-order valence-electron chi connectivity index (χ4n) is 1.44. The number of hydrogen-bond acceptors (Lipinski definition) is 3. The zero-order valence-corrected chi connectivity index (χ0v) is 10.6. The van der Waals surface area contributed by atoms with Gasteiger partial charge in [-0.2, -0.15) is 0 Å². The van der Waals surface area contributed by atoms with Crippen molar-refractivity contribution < 1.29 is 10.2 Å². The Morgan fingerprint density at radius 1 is 1.13 bits per heavy atom. The van der Waals surface area contributed by atoms with Gasteiger partial charge in [0, 0.05) is 19.7 Å². The summed E-state index contributed by atoms with van der Waals surface area (Å²) in [6.07, 6.45) is 2.61. The zero-order chi connectivity index (χ0) is 11.9. The van der Waals surface area contributed by atoms with Crippen LogP contribution in [-0.4, -0.2) is 35.5 Å². The van der Waals surface area contributed by atoms with Gasteiger partial charge in [-0.3, -0.25) is 0 Å². The molecule has 0 heterocycles. The lowest BCUT2D eigenvalue weighted by Gasteiger charge is -2.28. The largest absolute Gasteiger partial charge is 0.396 e. The van der Waals surface area contributed by atoms with E-state index in [-0.39, 0.29) is 12.0 Å². The van der Waals surface area contributed by atoms with E-state index in [0.717, 1.165) is 25.8 Å². The number of nitrogens with one attached hydrogen (secondary N) is 1. The van der Waals surface area contributed by atoms with Crippen LogP contribution < -0.4 is 5.32 Å². The van der Waals surface area contributed by atoms with Gasteiger partial charge in [-0.05, 0) is 31.6 Å². The quantitative estimate of drug-likeness (QED) is 0.578. The summed E-state index contributed by atoms with van der Waals surface area (Å²) in [6, 6.07) is 0. The molecule has 0 bridgehead atoms. The summed E-state index contributed by atoms with van der Waals surface area (Å²) in [5.74, 6) is 0. The minimum absolute atomic E-state index is 0.187. The molecule has 3 nitrogen and oxygen atoms in total. The average molecular weight is 217 g/mol. The molecule has 0 rings (SSSR count). The van der Waals surface area contributed by atoms with Crippen LogP contribution in [0.1, 0.15) is 47.0 Å². The highest BCUT2D eigenvalue weighted by Crippen LogP contribution is 2.21. The maximum atomic E-state index is 9.79. The summed E-state index contributed by atoms with van der Waals surface area (Å²) in [6.45, 7) is 9.96. The minimum atomic E-state index is -0.604. The van der Waals surface area contributed by atoms with Crippen molar-refractivity contribution in [1.29, 1.82) is 0 Å². The maximum absolute atomic E-state index is 9.79. The molecule has 0 saturated carbocycles. The first-order valence-electron chi connectivity index (χ1n) is 5.87. The van der Waals surface area contributed by atoms with E-state index >= 15 is 0 Å². The van der Waals surface area contributed by atoms with Crippen molar-refractivity contribution in [3.63, 3.8) is 0 Å². The molecule has 0 aliphatic heterocycles. The molecule has 0 aromatic carbocycles. The summed E-state index contributed by atoms with van der Waals surface area (Å²) in [5, 5.41) is 21.8. The van der Waals surface area contributed by atoms with E-state index in [2.05, 4.69) is 19.2 Å². The van der Waals surface area contributed by atoms with Gasteiger partial charge in [0.25, 0.3) is 0 Å². The molecule has 0 saturated heterocycles. The van der Waals surface area contributed by atoms with Crippen LogP contribution in [-0.2, 0) is 0 Å². The van der Waals surface area contributed by atoms with Crippen molar-refractivity contribution in [1.82, 2.24) is 5.32 Å². The van der Waals surface area contributed by atoms with Crippen LogP contribution in [0.5, 0.6) is 0 Å². The second-order valence-corrected chi connectivity index (χ2v) is 5.45. The Bertz CT molecular complexity index is 167. The third kappa shape index (κ3) is 7.77. The lowest BCUT2D eigenvalue weighted by Crippen LogP contribution is -2.41. The van der Waals surface area contributed by atoms with E-state index in [9.17, 15) is 5.11 Å². The van der Waals surface area contributed by atoms with Crippen LogP contribution >= 0.6 is 0 Å². The Morgan fingerprint density at radius 3 is 2.20 bits per heavy atom. The third-order valence-corrected chi connectivity index (χ3v) is 2.88. The van der Waals surface area contributed by atoms with Gasteiger partial charge in [0.2, 0.25) is 0 Å². The monoisotopic (exact) mass is 217 g/mol. The number of rotatable bonds is 8. The SMILES string of the molecule is CCC(C)(O)CNCC(C)(C)CCCO. The molecule has 0 radical (unpaired) electrons. The highest BCUT2D eigenvalue weighted by atomic mass is 16.3. The predicted molar refractivity (Wildman–Crippen MR) is 63.9 cm³/mol. The van der Waals surface area contributed by atoms with Gasteiger partial charge in [-0.15, -0.1) is 0 Å². The van der Waals surface area contributed by atoms with Gasteiger partial charge < -0.3 is 15.5 Å². The first kappa shape index (κ1) is 14.9. The molecule has 1 unspecified atom stereocenters. The zero-order valence-electron chi connectivity index (χ0n) is 10.6. The molecule has 0 aromatic heterocycles. The van der Waals surface area contributed by atoms with Crippen LogP contribution in [0.3, 0.4) is 0 Å². The highest BCUT2D eigenvalue weighted by molar-refractivity contribution is 4.77. The van der Waals surface area contributed by atoms with Crippen molar-refractivity contribution in [2.45, 2.75) is 52.6 Å². The van der Waals surface area contributed by atoms with Crippen LogP contribution in [0.2, 0.25) is 0 Å². The fraction of sp³-hybridized carbons (Fsp3) is 1.00. The molecule has 0 spiro atoms. The fourth-order valence-corrected chi connectivity index (χ4v) is 1.44. The van der Waals surface area contributed by atoms with Gasteiger partial charge in [0.1, 0.15) is 0 Å². The topological polar surface area (TPSA) is 52.5 Å². The first-order valence-corrected chi connectivity index (χ1v) is 5.87. The molecule has 3 N–H and O–H groups in total. The molecular formula is C12H27NO2. The lowest BCUT2D eigenvalue weighted by molar-refractivity contribution is 0.0529. The molecule has 0 aliphatic carbocycles. The van der Waals surface area contributed by atoms with E-state index < -0.39 is 5.60 Å². The normalized spacial score (nSPS) is 16.4. The summed E-state index contributed by atoms with van der Waals surface area (Å²) in [4.78, 5) is 0. The molecular weight excluding hydrogens is 190 g/mol. The van der Waals surface area contributed by atoms with Crippen molar-refractivity contribution in [3.8, 4) is 0 Å². The molecule has 1 atom stereocenters. The van der Waals surface area contributed by atoms with Crippen molar-refractivity contribution in [2.24, 2.45) is 5.41 Å². The molecule has 0 amide bonds. The van der Waals surface area contributed by atoms with E-state index in [1.54, 1.807) is 0 Å². The molecule has 0 aliphatic rings. The van der Waals surface area contributed by atoms with Crippen LogP contribution in [0.4, 0.5) is 0 Å². The van der Waals surface area contributed by atoms with Crippen molar-refractivity contribution in [2.75, 3.05) is 19.7 Å². The molecule has 0 fully saturated rings. The Labute approximate surface area is 93.9 Å². The summed E-state index contributed by atoms with van der Waals surface area (Å²) in [7, 11) is 0. The van der Waals surface area contributed by atoms with E-state index in [4.69, 9.17) is 5.11 Å². The van der Waals surface area contributed by atoms with E-state index in [0.29, 0.717) is 6.54 Å². The van der Waals surface area contributed by atoms with Crippen LogP contribution in [0, 0.1) is 5.41 Å². The summed E-state index contributed by atoms with van der Waals surface area (Å²) >= 11 is 0. The predicted octanol–water partition coefficient (Wildman–Crippen LogP) is 1.54. The molecule has 3 heteroatoms. The standard InChI is InChI=1S/C12H27NO2/c1-5-12(4,15)10-13-9-11(2,3)7-6-8-14/h13-15H,5-10H2,1-4H3. The van der Waals surface area contributed by atoms with E-state index in [1.807, 2.05) is 13.8 Å². The van der Waals surface area contributed by atoms with Crippen LogP contribution in [0.15, 0.2) is 0 Å². The Morgan fingerprint density at radius 2 is 1.73 bits per heavy atom. The first-order chi connectivity index (χ1) is 6.83. The lowest BCUT2D eigenvalue weighted by atomic mass is 9.87. The second kappa shape index (κ2) is 6.46. The number of aliphatic hydroxyl groups excluding tert-OH is 1. The molecule has 15 heavy (non-hydrogen) atoms. The summed E-state index contributed by atoms with van der Waals surface area (Å²) < 4.78 is 0. The minimum Gasteiger partial charge on any atom is -0.396 e. The smallest absolute Gasteiger partial charge is 0.0740 e. The second-order valence-electron chi connectivity index (χ2n) is 5.45. The Hall–Kier alpha value is -0.120. The molecule has 0 aromatic rings. The van der Waals surface area contributed by atoms with Gasteiger partial charge in [-0.25, -0.2) is 0 Å². The van der Waals surface area contributed by atoms with Gasteiger partial charge in [0.05, 0.1) is 5.60 Å². The van der Waals surface area contributed by atoms with E-state index in [1.165, 1.54) is 0 Å². The Kier molecular flexibility index (Phi) is 6.41. The highest BCUT2D eigenvalue weighted by Gasteiger charge is 2.20. The third-order valence-electron chi connectivity index (χ3n) is 2.88. The average Bonchev–Trinajstić information content (AvgIpc) is 2.14. The Balaban J connectivity index is 3.74. The van der Waals surface area contributed by atoms with Gasteiger partial charge >= 0.3 is 0 Å². The molecule has 92 valence electrons. The van der Waals surface area contributed by atoms with Gasteiger partial charge in [0.15, 0.2) is 0 Å². The van der Waals surface area contributed by atoms with Crippen LogP contribution in [0.25, 0.3) is 0 Å².